The van der Waals surface area contributed by atoms with E-state index in [1.54, 1.807) is 6.92 Å². The number of hydrogen-bond donors (Lipinski definition) is 1. The van der Waals surface area contributed by atoms with Gasteiger partial charge in [0.15, 0.2) is 5.78 Å². The molecule has 1 unspecified atom stereocenters. The van der Waals surface area contributed by atoms with Crippen molar-refractivity contribution in [2.24, 2.45) is 0 Å². The molecule has 0 aliphatic rings. The number of benzene rings is 1. The van der Waals surface area contributed by atoms with Crippen molar-refractivity contribution >= 4 is 18.7 Å². The van der Waals surface area contributed by atoms with E-state index in [0.717, 1.165) is 0 Å². The van der Waals surface area contributed by atoms with Gasteiger partial charge in [-0.25, -0.2) is 0 Å². The maximum Gasteiger partial charge on any atom is 0.358 e. The lowest BCUT2D eigenvalue weighted by Crippen LogP contribution is -2.07. The van der Waals surface area contributed by atoms with Crippen molar-refractivity contribution in [3.8, 4) is 0 Å². The average molecular weight is 228 g/mol. The molecule has 0 saturated carbocycles. The fraction of sp³-hybridized carbons (Fsp3) is 0.300. The molecule has 82 valence electrons. The lowest BCUT2D eigenvalue weighted by Gasteiger charge is -2.10. The van der Waals surface area contributed by atoms with E-state index < -0.39 is 7.60 Å². The van der Waals surface area contributed by atoms with Crippen LogP contribution in [-0.2, 0) is 9.09 Å². The Bertz CT molecular complexity index is 396. The number of Topliss-reactive ketones (excluding diaryl/α,β-unsaturated/α-hetero) is 1. The Morgan fingerprint density at radius 2 is 1.93 bits per heavy atom. The fourth-order valence-corrected chi connectivity index (χ4v) is 2.16. The van der Waals surface area contributed by atoms with Crippen molar-refractivity contribution in [2.45, 2.75) is 13.8 Å². The molecule has 0 saturated heterocycles. The molecular formula is C10H13O4P. The van der Waals surface area contributed by atoms with Crippen LogP contribution in [0.2, 0.25) is 0 Å². The second-order valence-corrected chi connectivity index (χ2v) is 4.86. The summed E-state index contributed by atoms with van der Waals surface area (Å²) in [6, 6.07) is 5.90. The Morgan fingerprint density at radius 1 is 1.40 bits per heavy atom. The summed E-state index contributed by atoms with van der Waals surface area (Å²) in [5.41, 5.74) is 0.509. The lowest BCUT2D eigenvalue weighted by molar-refractivity contribution is 0.101. The zero-order chi connectivity index (χ0) is 11.5. The van der Waals surface area contributed by atoms with E-state index in [1.807, 2.05) is 0 Å². The summed E-state index contributed by atoms with van der Waals surface area (Å²) < 4.78 is 16.3. The zero-order valence-corrected chi connectivity index (χ0v) is 9.53. The first-order chi connectivity index (χ1) is 6.97. The van der Waals surface area contributed by atoms with Crippen molar-refractivity contribution < 1.29 is 18.8 Å². The highest BCUT2D eigenvalue weighted by Gasteiger charge is 2.21. The monoisotopic (exact) mass is 228 g/mol. The summed E-state index contributed by atoms with van der Waals surface area (Å²) in [7, 11) is -3.71. The summed E-state index contributed by atoms with van der Waals surface area (Å²) >= 11 is 0. The molecule has 0 aliphatic carbocycles. The number of hydrogen-bond acceptors (Lipinski definition) is 3. The normalized spacial score (nSPS) is 14.6. The van der Waals surface area contributed by atoms with Crippen LogP contribution in [0.25, 0.3) is 0 Å². The predicted molar refractivity (Wildman–Crippen MR) is 57.5 cm³/mol. The van der Waals surface area contributed by atoms with Gasteiger partial charge in [0.25, 0.3) is 0 Å². The Hall–Kier alpha value is -0.960. The number of carbonyl (C=O) groups excluding carboxylic acids is 1. The van der Waals surface area contributed by atoms with Gasteiger partial charge in [-0.2, -0.15) is 0 Å². The van der Waals surface area contributed by atoms with E-state index in [9.17, 15) is 14.3 Å². The van der Waals surface area contributed by atoms with Gasteiger partial charge in [-0.05, 0) is 26.0 Å². The Labute approximate surface area is 88.4 Å². The SMILES string of the molecule is CCOP(=O)(O)c1ccc(C(C)=O)cc1. The van der Waals surface area contributed by atoms with Crippen LogP contribution in [0.3, 0.4) is 0 Å². The number of ketones is 1. The van der Waals surface area contributed by atoms with E-state index in [-0.39, 0.29) is 17.7 Å². The minimum Gasteiger partial charge on any atom is -0.321 e. The van der Waals surface area contributed by atoms with Crippen molar-refractivity contribution in [1.82, 2.24) is 0 Å². The van der Waals surface area contributed by atoms with E-state index >= 15 is 0 Å². The molecule has 1 N–H and O–H groups in total. The summed E-state index contributed by atoms with van der Waals surface area (Å²) in [6.45, 7) is 3.26. The third-order valence-corrected chi connectivity index (χ3v) is 3.46. The summed E-state index contributed by atoms with van der Waals surface area (Å²) in [6.07, 6.45) is 0. The second-order valence-electron chi connectivity index (χ2n) is 3.04. The van der Waals surface area contributed by atoms with E-state index in [4.69, 9.17) is 4.52 Å². The molecule has 0 fully saturated rings. The molecule has 0 amide bonds. The largest absolute Gasteiger partial charge is 0.358 e. The number of rotatable bonds is 4. The third-order valence-electron chi connectivity index (χ3n) is 1.90. The van der Waals surface area contributed by atoms with Gasteiger partial charge >= 0.3 is 7.60 Å². The first-order valence-electron chi connectivity index (χ1n) is 4.56. The van der Waals surface area contributed by atoms with Crippen LogP contribution in [0.15, 0.2) is 24.3 Å². The number of carbonyl (C=O) groups is 1. The summed E-state index contributed by atoms with van der Waals surface area (Å²) in [5.74, 6) is -0.0780. The molecule has 1 atom stereocenters. The van der Waals surface area contributed by atoms with Crippen LogP contribution in [0.5, 0.6) is 0 Å². The molecule has 4 nitrogen and oxygen atoms in total. The maximum absolute atomic E-state index is 11.5. The first-order valence-corrected chi connectivity index (χ1v) is 6.14. The van der Waals surface area contributed by atoms with Gasteiger partial charge in [0.1, 0.15) is 0 Å². The fourth-order valence-electron chi connectivity index (χ4n) is 1.13. The Balaban J connectivity index is 2.98. The van der Waals surface area contributed by atoms with E-state index in [0.29, 0.717) is 5.56 Å². The van der Waals surface area contributed by atoms with Gasteiger partial charge in [0.2, 0.25) is 0 Å². The lowest BCUT2D eigenvalue weighted by atomic mass is 10.2. The van der Waals surface area contributed by atoms with Gasteiger partial charge in [-0.3, -0.25) is 9.36 Å². The summed E-state index contributed by atoms with van der Waals surface area (Å²) in [5, 5.41) is 0.203. The second kappa shape index (κ2) is 4.71. The smallest absolute Gasteiger partial charge is 0.321 e. The van der Waals surface area contributed by atoms with Gasteiger partial charge in [-0.15, -0.1) is 0 Å². The van der Waals surface area contributed by atoms with Crippen molar-refractivity contribution in [3.05, 3.63) is 29.8 Å². The standard InChI is InChI=1S/C10H13O4P/c1-3-14-15(12,13)10-6-4-9(5-7-10)8(2)11/h4-7H,3H2,1-2H3,(H,12,13). The van der Waals surface area contributed by atoms with Crippen molar-refractivity contribution in [1.29, 1.82) is 0 Å². The van der Waals surface area contributed by atoms with Crippen LogP contribution in [-0.4, -0.2) is 17.3 Å². The maximum atomic E-state index is 11.5. The van der Waals surface area contributed by atoms with Crippen LogP contribution in [0, 0.1) is 0 Å². The van der Waals surface area contributed by atoms with Gasteiger partial charge in [0.05, 0.1) is 11.9 Å². The molecule has 1 aromatic rings. The molecule has 15 heavy (non-hydrogen) atoms. The Kier molecular flexibility index (Phi) is 3.80. The molecule has 0 spiro atoms. The highest BCUT2D eigenvalue weighted by Crippen LogP contribution is 2.40. The minimum atomic E-state index is -3.71. The molecule has 1 aromatic carbocycles. The van der Waals surface area contributed by atoms with Gasteiger partial charge in [0, 0.05) is 5.56 Å². The zero-order valence-electron chi connectivity index (χ0n) is 8.64. The topological polar surface area (TPSA) is 63.6 Å². The van der Waals surface area contributed by atoms with Crippen molar-refractivity contribution in [3.63, 3.8) is 0 Å². The molecule has 0 aromatic heterocycles. The molecule has 1 rings (SSSR count). The van der Waals surface area contributed by atoms with Gasteiger partial charge in [-0.1, -0.05) is 12.1 Å². The van der Waals surface area contributed by atoms with Crippen molar-refractivity contribution in [2.75, 3.05) is 6.61 Å². The van der Waals surface area contributed by atoms with E-state index in [1.165, 1.54) is 31.2 Å². The van der Waals surface area contributed by atoms with Crippen LogP contribution < -0.4 is 5.30 Å². The van der Waals surface area contributed by atoms with Gasteiger partial charge < -0.3 is 9.42 Å². The molecule has 0 heterocycles. The van der Waals surface area contributed by atoms with E-state index in [2.05, 4.69) is 0 Å². The van der Waals surface area contributed by atoms with Crippen LogP contribution in [0.1, 0.15) is 24.2 Å². The molecule has 0 bridgehead atoms. The summed E-state index contributed by atoms with van der Waals surface area (Å²) in [4.78, 5) is 20.4. The van der Waals surface area contributed by atoms with Crippen LogP contribution >= 0.6 is 7.60 Å². The molecule has 0 aliphatic heterocycles. The highest BCUT2D eigenvalue weighted by atomic mass is 31.2. The minimum absolute atomic E-state index is 0.0780. The van der Waals surface area contributed by atoms with Crippen LogP contribution in [0.4, 0.5) is 0 Å². The third kappa shape index (κ3) is 2.99. The first kappa shape index (κ1) is 12.1. The predicted octanol–water partition coefficient (Wildman–Crippen LogP) is 1.74. The Morgan fingerprint density at radius 3 is 2.33 bits per heavy atom. The average Bonchev–Trinajstić information content (AvgIpc) is 2.18. The quantitative estimate of drug-likeness (QED) is 0.629. The highest BCUT2D eigenvalue weighted by molar-refractivity contribution is 7.61. The molecule has 0 radical (unpaired) electrons. The molecule has 5 heteroatoms. The molecular weight excluding hydrogens is 215 g/mol.